The molecule has 1 N–H and O–H groups in total. The van der Waals surface area contributed by atoms with Gasteiger partial charge >= 0.3 is 0 Å². The summed E-state index contributed by atoms with van der Waals surface area (Å²) in [7, 11) is 0. The van der Waals surface area contributed by atoms with Gasteiger partial charge in [-0.05, 0) is 25.1 Å². The highest BCUT2D eigenvalue weighted by Gasteiger charge is 2.29. The molecule has 1 amide bonds. The molecule has 1 heterocycles. The normalized spacial score (nSPS) is 16.9. The number of benzene rings is 2. The lowest BCUT2D eigenvalue weighted by Crippen LogP contribution is -2.30. The predicted octanol–water partition coefficient (Wildman–Crippen LogP) is 2.96. The molecule has 0 radical (unpaired) electrons. The first kappa shape index (κ1) is 12.4. The van der Waals surface area contributed by atoms with Gasteiger partial charge in [0.1, 0.15) is 5.75 Å². The molecule has 1 aliphatic heterocycles. The number of amides is 1. The van der Waals surface area contributed by atoms with Gasteiger partial charge in [-0.1, -0.05) is 30.3 Å². The number of hydrogen-bond donors (Lipinski definition) is 1. The Labute approximate surface area is 116 Å². The molecule has 4 heteroatoms. The molecule has 3 rings (SSSR count). The van der Waals surface area contributed by atoms with Gasteiger partial charge in [0.25, 0.3) is 5.91 Å². The van der Waals surface area contributed by atoms with Crippen LogP contribution in [-0.2, 0) is 4.79 Å². The molecule has 1 atom stereocenters. The summed E-state index contributed by atoms with van der Waals surface area (Å²) in [4.78, 5) is 23.5. The third kappa shape index (κ3) is 2.16. The highest BCUT2D eigenvalue weighted by atomic mass is 16.5. The molecule has 1 unspecified atom stereocenters. The number of carbonyl (C=O) groups is 2. The maximum absolute atomic E-state index is 12.1. The van der Waals surface area contributed by atoms with Gasteiger partial charge in [0.15, 0.2) is 5.78 Å². The number of anilines is 1. The van der Waals surface area contributed by atoms with E-state index in [1.165, 1.54) is 6.92 Å². The molecule has 100 valence electrons. The lowest BCUT2D eigenvalue weighted by Gasteiger charge is -2.26. The van der Waals surface area contributed by atoms with Crippen LogP contribution in [0.2, 0.25) is 0 Å². The summed E-state index contributed by atoms with van der Waals surface area (Å²) in [5, 5.41) is 2.79. The summed E-state index contributed by atoms with van der Waals surface area (Å²) >= 11 is 0. The van der Waals surface area contributed by atoms with E-state index in [1.807, 2.05) is 30.3 Å². The molecule has 0 bridgehead atoms. The fourth-order valence-corrected chi connectivity index (χ4v) is 2.18. The smallest absolute Gasteiger partial charge is 0.270 e. The number of nitrogens with one attached hydrogen (secondary N) is 1. The monoisotopic (exact) mass is 267 g/mol. The zero-order chi connectivity index (χ0) is 14.1. The van der Waals surface area contributed by atoms with Gasteiger partial charge < -0.3 is 10.1 Å². The lowest BCUT2D eigenvalue weighted by molar-refractivity contribution is -0.123. The molecular formula is C16H13NO3. The van der Waals surface area contributed by atoms with E-state index in [4.69, 9.17) is 4.74 Å². The van der Waals surface area contributed by atoms with Crippen LogP contribution in [0, 0.1) is 0 Å². The Morgan fingerprint density at radius 2 is 1.90 bits per heavy atom. The van der Waals surface area contributed by atoms with Crippen molar-refractivity contribution in [2.45, 2.75) is 13.0 Å². The minimum absolute atomic E-state index is 0.0489. The van der Waals surface area contributed by atoms with Gasteiger partial charge in [0.2, 0.25) is 6.10 Å². The quantitative estimate of drug-likeness (QED) is 0.851. The average molecular weight is 267 g/mol. The van der Waals surface area contributed by atoms with Crippen molar-refractivity contribution in [1.82, 2.24) is 0 Å². The van der Waals surface area contributed by atoms with Crippen LogP contribution in [0.3, 0.4) is 0 Å². The molecule has 4 nitrogen and oxygen atoms in total. The Morgan fingerprint density at radius 3 is 2.60 bits per heavy atom. The molecule has 0 saturated heterocycles. The fourth-order valence-electron chi connectivity index (χ4n) is 2.18. The zero-order valence-electron chi connectivity index (χ0n) is 10.9. The second kappa shape index (κ2) is 4.81. The van der Waals surface area contributed by atoms with E-state index >= 15 is 0 Å². The maximum atomic E-state index is 12.1. The van der Waals surface area contributed by atoms with Crippen molar-refractivity contribution in [2.24, 2.45) is 0 Å². The van der Waals surface area contributed by atoms with Crippen LogP contribution in [-0.4, -0.2) is 11.7 Å². The summed E-state index contributed by atoms with van der Waals surface area (Å²) in [5.74, 6) is 0.292. The van der Waals surface area contributed by atoms with Crippen molar-refractivity contribution >= 4 is 17.4 Å². The molecule has 0 spiro atoms. The van der Waals surface area contributed by atoms with Gasteiger partial charge in [-0.2, -0.15) is 0 Å². The number of fused-ring (bicyclic) bond motifs is 1. The van der Waals surface area contributed by atoms with Gasteiger partial charge in [0.05, 0.1) is 5.69 Å². The van der Waals surface area contributed by atoms with Crippen molar-refractivity contribution < 1.29 is 14.3 Å². The standard InChI is InChI=1S/C16H13NO3/c1-10(18)12-7-8-14-13(9-12)17-16(19)15(20-14)11-5-3-2-4-6-11/h2-9,15H,1H3,(H,17,19). The topological polar surface area (TPSA) is 55.4 Å². The Balaban J connectivity index is 1.95. The maximum Gasteiger partial charge on any atom is 0.270 e. The van der Waals surface area contributed by atoms with E-state index in [0.29, 0.717) is 17.0 Å². The molecular weight excluding hydrogens is 254 g/mol. The number of carbonyl (C=O) groups excluding carboxylic acids is 2. The van der Waals surface area contributed by atoms with Crippen LogP contribution in [0.5, 0.6) is 5.75 Å². The van der Waals surface area contributed by atoms with Crippen LogP contribution in [0.4, 0.5) is 5.69 Å². The summed E-state index contributed by atoms with van der Waals surface area (Å²) in [6.07, 6.45) is -0.660. The summed E-state index contributed by atoms with van der Waals surface area (Å²) in [6, 6.07) is 14.3. The zero-order valence-corrected chi connectivity index (χ0v) is 10.9. The van der Waals surface area contributed by atoms with Crippen molar-refractivity contribution in [3.8, 4) is 5.75 Å². The van der Waals surface area contributed by atoms with Crippen LogP contribution in [0.15, 0.2) is 48.5 Å². The van der Waals surface area contributed by atoms with Crippen LogP contribution in [0.25, 0.3) is 0 Å². The van der Waals surface area contributed by atoms with Gasteiger partial charge in [0, 0.05) is 11.1 Å². The Bertz CT molecular complexity index is 679. The first-order chi connectivity index (χ1) is 9.65. The predicted molar refractivity (Wildman–Crippen MR) is 74.9 cm³/mol. The Morgan fingerprint density at radius 1 is 1.15 bits per heavy atom. The van der Waals surface area contributed by atoms with E-state index in [-0.39, 0.29) is 11.7 Å². The lowest BCUT2D eigenvalue weighted by atomic mass is 10.1. The molecule has 0 aliphatic carbocycles. The number of hydrogen-bond acceptors (Lipinski definition) is 3. The summed E-state index contributed by atoms with van der Waals surface area (Å²) in [6.45, 7) is 1.49. The van der Waals surface area contributed by atoms with Crippen LogP contribution in [0.1, 0.15) is 28.9 Å². The van der Waals surface area contributed by atoms with Crippen LogP contribution >= 0.6 is 0 Å². The number of ether oxygens (including phenoxy) is 1. The van der Waals surface area contributed by atoms with Crippen molar-refractivity contribution in [2.75, 3.05) is 5.32 Å². The molecule has 20 heavy (non-hydrogen) atoms. The van der Waals surface area contributed by atoms with E-state index in [9.17, 15) is 9.59 Å². The molecule has 1 aliphatic rings. The Hall–Kier alpha value is -2.62. The molecule has 2 aromatic rings. The van der Waals surface area contributed by atoms with Gasteiger partial charge in [-0.3, -0.25) is 9.59 Å². The minimum Gasteiger partial charge on any atom is -0.474 e. The molecule has 0 aromatic heterocycles. The highest BCUT2D eigenvalue weighted by molar-refractivity contribution is 6.01. The molecule has 0 fully saturated rings. The summed E-state index contributed by atoms with van der Waals surface area (Å²) in [5.41, 5.74) is 1.88. The third-order valence-electron chi connectivity index (χ3n) is 3.23. The van der Waals surface area contributed by atoms with Gasteiger partial charge in [-0.15, -0.1) is 0 Å². The highest BCUT2D eigenvalue weighted by Crippen LogP contribution is 2.35. The largest absolute Gasteiger partial charge is 0.474 e. The van der Waals surface area contributed by atoms with Gasteiger partial charge in [-0.25, -0.2) is 0 Å². The van der Waals surface area contributed by atoms with E-state index in [2.05, 4.69) is 5.32 Å². The number of Topliss-reactive ketones (excluding diaryl/α,β-unsaturated/α-hetero) is 1. The van der Waals surface area contributed by atoms with E-state index in [1.54, 1.807) is 18.2 Å². The van der Waals surface area contributed by atoms with Crippen molar-refractivity contribution in [1.29, 1.82) is 0 Å². The first-order valence-corrected chi connectivity index (χ1v) is 6.32. The fraction of sp³-hybridized carbons (Fsp3) is 0.125. The summed E-state index contributed by atoms with van der Waals surface area (Å²) < 4.78 is 5.74. The Kier molecular flexibility index (Phi) is 2.99. The first-order valence-electron chi connectivity index (χ1n) is 6.32. The van der Waals surface area contributed by atoms with E-state index < -0.39 is 6.10 Å². The molecule has 2 aromatic carbocycles. The molecule has 0 saturated carbocycles. The minimum atomic E-state index is -0.660. The number of rotatable bonds is 2. The van der Waals surface area contributed by atoms with E-state index in [0.717, 1.165) is 5.56 Å². The third-order valence-corrected chi connectivity index (χ3v) is 3.23. The average Bonchev–Trinajstić information content (AvgIpc) is 2.46. The second-order valence-electron chi connectivity index (χ2n) is 4.66. The van der Waals surface area contributed by atoms with Crippen LogP contribution < -0.4 is 10.1 Å². The van der Waals surface area contributed by atoms with Crippen molar-refractivity contribution in [3.05, 3.63) is 59.7 Å². The SMILES string of the molecule is CC(=O)c1ccc2c(c1)NC(=O)C(c1ccccc1)O2. The van der Waals surface area contributed by atoms with Crippen molar-refractivity contribution in [3.63, 3.8) is 0 Å². The second-order valence-corrected chi connectivity index (χ2v) is 4.66. The number of ketones is 1.